The van der Waals surface area contributed by atoms with Crippen LogP contribution in [0.1, 0.15) is 19.4 Å². The van der Waals surface area contributed by atoms with E-state index in [1.54, 1.807) is 25.3 Å². The van der Waals surface area contributed by atoms with E-state index in [2.05, 4.69) is 0 Å². The molecular formula is C15H19NO4. The molecule has 0 aromatic heterocycles. The van der Waals surface area contributed by atoms with E-state index in [1.807, 2.05) is 12.1 Å². The first-order valence-corrected chi connectivity index (χ1v) is 6.12. The molecule has 0 radical (unpaired) electrons. The van der Waals surface area contributed by atoms with Gasteiger partial charge in [0, 0.05) is 13.1 Å². The summed E-state index contributed by atoms with van der Waals surface area (Å²) in [5.74, 6) is -0.734. The second-order valence-corrected chi connectivity index (χ2v) is 4.87. The average Bonchev–Trinajstić information content (AvgIpc) is 2.43. The van der Waals surface area contributed by atoms with Crippen molar-refractivity contribution in [2.45, 2.75) is 19.4 Å². The summed E-state index contributed by atoms with van der Waals surface area (Å²) in [5.41, 5.74) is -0.449. The number of nitrogens with zero attached hydrogens (tertiary/aromatic N) is 1. The third-order valence-corrected chi connectivity index (χ3v) is 3.20. The first-order valence-electron chi connectivity index (χ1n) is 6.12. The second kappa shape index (κ2) is 6.23. The van der Waals surface area contributed by atoms with E-state index < -0.39 is 11.5 Å². The number of methoxy groups -OCH3 is 1. The van der Waals surface area contributed by atoms with Crippen molar-refractivity contribution in [1.82, 2.24) is 4.90 Å². The first-order chi connectivity index (χ1) is 9.28. The zero-order chi connectivity index (χ0) is 15.3. The number of carbonyl (C=O) groups is 2. The Hall–Kier alpha value is -2.30. The van der Waals surface area contributed by atoms with Gasteiger partial charge in [-0.15, -0.1) is 0 Å². The minimum atomic E-state index is -1.25. The fourth-order valence-electron chi connectivity index (χ4n) is 1.44. The molecule has 1 rings (SSSR count). The Morgan fingerprint density at radius 2 is 2.00 bits per heavy atom. The number of aliphatic carboxylic acids is 1. The Labute approximate surface area is 118 Å². The van der Waals surface area contributed by atoms with E-state index in [-0.39, 0.29) is 5.91 Å². The standard InChI is InChI=1S/C15H19NO4/c1-15(2,14(18)19)16(3)13(17)9-8-11-6-5-7-12(10-11)20-4/h5-10H,1-4H3,(H,18,19). The van der Waals surface area contributed by atoms with Crippen LogP contribution in [0.2, 0.25) is 0 Å². The van der Waals surface area contributed by atoms with E-state index in [1.165, 1.54) is 31.9 Å². The molecule has 108 valence electrons. The number of carboxylic acid groups (broad SMARTS) is 1. The lowest BCUT2D eigenvalue weighted by Crippen LogP contribution is -2.50. The largest absolute Gasteiger partial charge is 0.497 e. The van der Waals surface area contributed by atoms with Gasteiger partial charge in [-0.05, 0) is 37.6 Å². The van der Waals surface area contributed by atoms with Gasteiger partial charge in [0.2, 0.25) is 5.91 Å². The summed E-state index contributed by atoms with van der Waals surface area (Å²) in [5, 5.41) is 9.08. The van der Waals surface area contributed by atoms with Gasteiger partial charge in [0.1, 0.15) is 11.3 Å². The maximum Gasteiger partial charge on any atom is 0.329 e. The summed E-state index contributed by atoms with van der Waals surface area (Å²) in [6.45, 7) is 2.96. The van der Waals surface area contributed by atoms with Gasteiger partial charge in [-0.2, -0.15) is 0 Å². The molecule has 5 nitrogen and oxygen atoms in total. The predicted octanol–water partition coefficient (Wildman–Crippen LogP) is 2.03. The van der Waals surface area contributed by atoms with Gasteiger partial charge in [0.25, 0.3) is 0 Å². The highest BCUT2D eigenvalue weighted by molar-refractivity contribution is 5.95. The van der Waals surface area contributed by atoms with Crippen LogP contribution in [-0.2, 0) is 9.59 Å². The van der Waals surface area contributed by atoms with E-state index in [0.717, 1.165) is 5.56 Å². The molecule has 0 bridgehead atoms. The third-order valence-electron chi connectivity index (χ3n) is 3.20. The van der Waals surface area contributed by atoms with Gasteiger partial charge < -0.3 is 14.7 Å². The molecule has 0 aliphatic carbocycles. The maximum absolute atomic E-state index is 12.0. The number of likely N-dealkylation sites (N-methyl/N-ethyl adjacent to an activating group) is 1. The van der Waals surface area contributed by atoms with Crippen molar-refractivity contribution in [3.8, 4) is 5.75 Å². The van der Waals surface area contributed by atoms with Crippen LogP contribution < -0.4 is 4.74 Å². The molecule has 0 atom stereocenters. The van der Waals surface area contributed by atoms with Gasteiger partial charge in [-0.3, -0.25) is 4.79 Å². The predicted molar refractivity (Wildman–Crippen MR) is 76.5 cm³/mol. The van der Waals surface area contributed by atoms with Gasteiger partial charge in [-0.1, -0.05) is 12.1 Å². The zero-order valence-electron chi connectivity index (χ0n) is 12.1. The Bertz CT molecular complexity index is 534. The summed E-state index contributed by atoms with van der Waals surface area (Å²) >= 11 is 0. The summed E-state index contributed by atoms with van der Waals surface area (Å²) < 4.78 is 5.09. The molecule has 20 heavy (non-hydrogen) atoms. The molecule has 1 aromatic carbocycles. The summed E-state index contributed by atoms with van der Waals surface area (Å²) in [7, 11) is 3.03. The number of carboxylic acids is 1. The third kappa shape index (κ3) is 3.60. The van der Waals surface area contributed by atoms with E-state index >= 15 is 0 Å². The quantitative estimate of drug-likeness (QED) is 0.836. The topological polar surface area (TPSA) is 66.8 Å². The lowest BCUT2D eigenvalue weighted by molar-refractivity contribution is -0.153. The van der Waals surface area contributed by atoms with Crippen molar-refractivity contribution >= 4 is 18.0 Å². The van der Waals surface area contributed by atoms with Crippen molar-refractivity contribution in [2.24, 2.45) is 0 Å². The van der Waals surface area contributed by atoms with E-state index in [0.29, 0.717) is 5.75 Å². The van der Waals surface area contributed by atoms with Crippen molar-refractivity contribution in [2.75, 3.05) is 14.2 Å². The molecule has 0 aliphatic heterocycles. The average molecular weight is 277 g/mol. The lowest BCUT2D eigenvalue weighted by Gasteiger charge is -2.30. The van der Waals surface area contributed by atoms with Gasteiger partial charge >= 0.3 is 5.97 Å². The molecule has 0 aliphatic rings. The molecule has 1 amide bonds. The fraction of sp³-hybridized carbons (Fsp3) is 0.333. The number of rotatable bonds is 5. The van der Waals surface area contributed by atoms with Crippen LogP contribution >= 0.6 is 0 Å². The normalized spacial score (nSPS) is 11.4. The molecular weight excluding hydrogens is 258 g/mol. The number of hydrogen-bond donors (Lipinski definition) is 1. The van der Waals surface area contributed by atoms with Crippen molar-refractivity contribution in [1.29, 1.82) is 0 Å². The molecule has 5 heteroatoms. The molecule has 0 fully saturated rings. The van der Waals surface area contributed by atoms with Crippen LogP contribution in [0.25, 0.3) is 6.08 Å². The van der Waals surface area contributed by atoms with Crippen LogP contribution in [0.3, 0.4) is 0 Å². The molecule has 1 N–H and O–H groups in total. The second-order valence-electron chi connectivity index (χ2n) is 4.87. The van der Waals surface area contributed by atoms with E-state index in [4.69, 9.17) is 9.84 Å². The van der Waals surface area contributed by atoms with Gasteiger partial charge in [-0.25, -0.2) is 4.79 Å². The van der Waals surface area contributed by atoms with Gasteiger partial charge in [0.05, 0.1) is 7.11 Å². The van der Waals surface area contributed by atoms with Crippen LogP contribution in [0.15, 0.2) is 30.3 Å². The summed E-state index contributed by atoms with van der Waals surface area (Å²) in [6.07, 6.45) is 2.97. The van der Waals surface area contributed by atoms with Crippen LogP contribution in [0.4, 0.5) is 0 Å². The molecule has 0 saturated carbocycles. The monoisotopic (exact) mass is 277 g/mol. The highest BCUT2D eigenvalue weighted by Gasteiger charge is 2.34. The summed E-state index contributed by atoms with van der Waals surface area (Å²) in [4.78, 5) is 24.2. The molecule has 0 unspecified atom stereocenters. The zero-order valence-corrected chi connectivity index (χ0v) is 12.1. The summed E-state index contributed by atoms with van der Waals surface area (Å²) in [6, 6.07) is 7.23. The smallest absolute Gasteiger partial charge is 0.329 e. The number of ether oxygens (including phenoxy) is 1. The Kier molecular flexibility index (Phi) is 4.91. The molecule has 0 saturated heterocycles. The maximum atomic E-state index is 12.0. The minimum absolute atomic E-state index is 0.375. The highest BCUT2D eigenvalue weighted by atomic mass is 16.5. The molecule has 0 heterocycles. The molecule has 0 spiro atoms. The number of carbonyl (C=O) groups excluding carboxylic acids is 1. The van der Waals surface area contributed by atoms with Crippen molar-refractivity contribution < 1.29 is 19.4 Å². The number of hydrogen-bond acceptors (Lipinski definition) is 3. The Balaban J connectivity index is 2.84. The highest BCUT2D eigenvalue weighted by Crippen LogP contribution is 2.16. The SMILES string of the molecule is COc1cccc(C=CC(=O)N(C)C(C)(C)C(=O)O)c1. The van der Waals surface area contributed by atoms with E-state index in [9.17, 15) is 9.59 Å². The number of amides is 1. The number of benzene rings is 1. The van der Waals surface area contributed by atoms with Gasteiger partial charge in [0.15, 0.2) is 0 Å². The Morgan fingerprint density at radius 1 is 1.35 bits per heavy atom. The first kappa shape index (κ1) is 15.8. The van der Waals surface area contributed by atoms with Crippen LogP contribution in [0.5, 0.6) is 5.75 Å². The van der Waals surface area contributed by atoms with Crippen molar-refractivity contribution in [3.05, 3.63) is 35.9 Å². The molecule has 1 aromatic rings. The fourth-order valence-corrected chi connectivity index (χ4v) is 1.44. The lowest BCUT2D eigenvalue weighted by atomic mass is 10.0. The van der Waals surface area contributed by atoms with Crippen LogP contribution in [-0.4, -0.2) is 41.6 Å². The Morgan fingerprint density at radius 3 is 2.55 bits per heavy atom. The van der Waals surface area contributed by atoms with Crippen LogP contribution in [0, 0.1) is 0 Å². The minimum Gasteiger partial charge on any atom is -0.497 e. The van der Waals surface area contributed by atoms with Crippen molar-refractivity contribution in [3.63, 3.8) is 0 Å².